The van der Waals surface area contributed by atoms with E-state index in [1.54, 1.807) is 7.11 Å². The maximum absolute atomic E-state index is 9.62. The fourth-order valence-electron chi connectivity index (χ4n) is 3.42. The van der Waals surface area contributed by atoms with Gasteiger partial charge >= 0.3 is 31.8 Å². The Morgan fingerprint density at radius 3 is 2.00 bits per heavy atom. The Hall–Kier alpha value is -2.36. The fraction of sp³-hybridized carbons (Fsp3) is 0.182. The van der Waals surface area contributed by atoms with Crippen molar-refractivity contribution >= 4 is 53.6 Å². The van der Waals surface area contributed by atoms with Crippen LogP contribution in [0.4, 0.5) is 0 Å². The van der Waals surface area contributed by atoms with Gasteiger partial charge in [0, 0.05) is 28.2 Å². The molecule has 2 heterocycles. The summed E-state index contributed by atoms with van der Waals surface area (Å²) in [5, 5.41) is 11.4. The highest BCUT2D eigenvalue weighted by Crippen LogP contribution is 2.31. The van der Waals surface area contributed by atoms with Crippen LogP contribution in [-0.2, 0) is 9.45 Å². The second-order valence-corrected chi connectivity index (χ2v) is 8.86. The van der Waals surface area contributed by atoms with Crippen LogP contribution in [0.1, 0.15) is 17.0 Å². The molecular formula is C22H20Al2N2O5. The number of rotatable bonds is 8. The highest BCUT2D eigenvalue weighted by atomic mass is 27.3. The molecular weight excluding hydrogens is 426 g/mol. The number of aliphatic hydroxyl groups is 1. The van der Waals surface area contributed by atoms with Crippen molar-refractivity contribution in [3.63, 3.8) is 0 Å². The molecule has 9 heteroatoms. The van der Waals surface area contributed by atoms with Crippen LogP contribution in [0.5, 0.6) is 17.2 Å². The van der Waals surface area contributed by atoms with Crippen molar-refractivity contribution in [2.45, 2.75) is 20.5 Å². The number of para-hydroxylation sites is 2. The summed E-state index contributed by atoms with van der Waals surface area (Å²) in [6.45, 7) is 3.77. The van der Waals surface area contributed by atoms with E-state index in [0.29, 0.717) is 11.5 Å². The number of ether oxygens (including phenoxy) is 1. The van der Waals surface area contributed by atoms with Crippen molar-refractivity contribution in [3.8, 4) is 17.2 Å². The molecule has 0 spiro atoms. The van der Waals surface area contributed by atoms with E-state index in [0.717, 1.165) is 44.5 Å². The SMILES string of the molecule is COc1cc(C)nc2c([O][Al][O][Al][O]c3cccc4c(CO)cc(C)nc34)cccc12. The number of nitrogens with zero attached hydrogens (tertiary/aromatic N) is 2. The van der Waals surface area contributed by atoms with Gasteiger partial charge in [-0.05, 0) is 43.7 Å². The molecule has 7 nitrogen and oxygen atoms in total. The van der Waals surface area contributed by atoms with Gasteiger partial charge in [0.05, 0.1) is 13.7 Å². The summed E-state index contributed by atoms with van der Waals surface area (Å²) in [4.78, 5) is 9.16. The summed E-state index contributed by atoms with van der Waals surface area (Å²) < 4.78 is 22.9. The first-order valence-corrected chi connectivity index (χ1v) is 11.6. The van der Waals surface area contributed by atoms with Gasteiger partial charge in [-0.25, -0.2) is 9.97 Å². The molecule has 31 heavy (non-hydrogen) atoms. The van der Waals surface area contributed by atoms with Crippen LogP contribution in [-0.4, -0.2) is 54.0 Å². The number of benzene rings is 2. The summed E-state index contributed by atoms with van der Waals surface area (Å²) in [6, 6.07) is 15.2. The first-order valence-electron chi connectivity index (χ1n) is 9.67. The topological polar surface area (TPSA) is 82.9 Å². The van der Waals surface area contributed by atoms with E-state index in [1.165, 1.54) is 0 Å². The van der Waals surface area contributed by atoms with Crippen molar-refractivity contribution in [1.29, 1.82) is 0 Å². The molecule has 0 aliphatic carbocycles. The number of hydrogen-bond acceptors (Lipinski definition) is 7. The predicted octanol–water partition coefficient (Wildman–Crippen LogP) is 3.44. The van der Waals surface area contributed by atoms with Gasteiger partial charge in [-0.15, -0.1) is 0 Å². The zero-order valence-electron chi connectivity index (χ0n) is 17.5. The molecule has 2 aromatic heterocycles. The highest BCUT2D eigenvalue weighted by molar-refractivity contribution is 6.35. The Bertz CT molecular complexity index is 1140. The highest BCUT2D eigenvalue weighted by Gasteiger charge is 2.14. The standard InChI is InChI=1S/2C11H11NO2.2Al.O/c1-7-6-10(14-2)8-4-3-5-9(13)11(8)12-7;1-7-5-8(6-13)9-3-2-4-10(14)11(9)12-7;;;/h3-6,13H,1-2H3;2-5,13-14H,6H2,1H3;;;/q;;2*+1;/p-2. The summed E-state index contributed by atoms with van der Waals surface area (Å²) in [7, 11) is 1.64. The predicted molar refractivity (Wildman–Crippen MR) is 119 cm³/mol. The van der Waals surface area contributed by atoms with E-state index in [4.69, 9.17) is 15.2 Å². The molecule has 2 radical (unpaired) electrons. The lowest BCUT2D eigenvalue weighted by Gasteiger charge is -2.13. The second-order valence-electron chi connectivity index (χ2n) is 6.92. The quantitative estimate of drug-likeness (QED) is 0.328. The monoisotopic (exact) mass is 446 g/mol. The third kappa shape index (κ3) is 4.78. The van der Waals surface area contributed by atoms with Crippen LogP contribution in [0.2, 0.25) is 0 Å². The zero-order valence-corrected chi connectivity index (χ0v) is 19.8. The molecule has 4 aromatic rings. The molecule has 2 aromatic carbocycles. The fourth-order valence-corrected chi connectivity index (χ4v) is 4.63. The number of fused-ring (bicyclic) bond motifs is 2. The Kier molecular flexibility index (Phi) is 6.94. The van der Waals surface area contributed by atoms with Gasteiger partial charge in [-0.1, -0.05) is 18.2 Å². The van der Waals surface area contributed by atoms with Crippen LogP contribution < -0.4 is 12.3 Å². The minimum Gasteiger partial charge on any atom is -0.626 e. The maximum atomic E-state index is 9.62. The third-order valence-corrected chi connectivity index (χ3v) is 6.35. The van der Waals surface area contributed by atoms with E-state index in [-0.39, 0.29) is 6.61 Å². The summed E-state index contributed by atoms with van der Waals surface area (Å²) >= 11 is -1.57. The number of pyridine rings is 2. The third-order valence-electron chi connectivity index (χ3n) is 4.76. The number of aliphatic hydroxyl groups excluding tert-OH is 1. The van der Waals surface area contributed by atoms with Gasteiger partial charge in [0.1, 0.15) is 28.3 Å². The molecule has 0 bridgehead atoms. The molecule has 4 rings (SSSR count). The molecule has 0 fully saturated rings. The minimum absolute atomic E-state index is 0.0476. The van der Waals surface area contributed by atoms with Gasteiger partial charge in [-0.2, -0.15) is 0 Å². The molecule has 1 N–H and O–H groups in total. The largest absolute Gasteiger partial charge is 0.743 e. The molecule has 0 amide bonds. The molecule has 0 aliphatic rings. The summed E-state index contributed by atoms with van der Waals surface area (Å²) in [6.07, 6.45) is 0. The molecule has 0 unspecified atom stereocenters. The first-order chi connectivity index (χ1) is 15.1. The van der Waals surface area contributed by atoms with Gasteiger partial charge in [0.25, 0.3) is 0 Å². The molecule has 0 saturated heterocycles. The maximum Gasteiger partial charge on any atom is 0.743 e. The zero-order chi connectivity index (χ0) is 21.8. The van der Waals surface area contributed by atoms with E-state index < -0.39 is 31.8 Å². The lowest BCUT2D eigenvalue weighted by molar-refractivity contribution is 0.283. The Morgan fingerprint density at radius 2 is 1.39 bits per heavy atom. The van der Waals surface area contributed by atoms with E-state index in [2.05, 4.69) is 9.97 Å². The smallest absolute Gasteiger partial charge is 0.626 e. The van der Waals surface area contributed by atoms with Crippen molar-refractivity contribution < 1.29 is 20.3 Å². The number of methoxy groups -OCH3 is 1. The first kappa shape index (κ1) is 21.9. The average molecular weight is 446 g/mol. The van der Waals surface area contributed by atoms with Crippen LogP contribution >= 0.6 is 0 Å². The normalized spacial score (nSPS) is 10.8. The molecule has 0 saturated carbocycles. The van der Waals surface area contributed by atoms with Gasteiger partial charge in [0.15, 0.2) is 0 Å². The number of aryl methyl sites for hydroxylation is 2. The number of aromatic nitrogens is 2. The minimum atomic E-state index is -0.787. The van der Waals surface area contributed by atoms with Crippen molar-refractivity contribution in [2.75, 3.05) is 7.11 Å². The Morgan fingerprint density at radius 1 is 0.806 bits per heavy atom. The average Bonchev–Trinajstić information content (AvgIpc) is 2.78. The van der Waals surface area contributed by atoms with E-state index in [9.17, 15) is 5.11 Å². The van der Waals surface area contributed by atoms with Gasteiger partial charge < -0.3 is 20.3 Å². The van der Waals surface area contributed by atoms with Gasteiger partial charge in [0.2, 0.25) is 0 Å². The van der Waals surface area contributed by atoms with Crippen LogP contribution in [0, 0.1) is 13.8 Å². The Labute approximate surface area is 193 Å². The van der Waals surface area contributed by atoms with Crippen LogP contribution in [0.15, 0.2) is 48.5 Å². The van der Waals surface area contributed by atoms with Crippen molar-refractivity contribution in [1.82, 2.24) is 9.97 Å². The Balaban J connectivity index is 1.43. The lowest BCUT2D eigenvalue weighted by Crippen LogP contribution is -2.16. The molecule has 0 atom stereocenters. The number of hydrogen-bond donors (Lipinski definition) is 1. The second kappa shape index (κ2) is 9.85. The van der Waals surface area contributed by atoms with E-state index in [1.807, 2.05) is 62.4 Å². The lowest BCUT2D eigenvalue weighted by atomic mass is 10.1. The molecule has 154 valence electrons. The van der Waals surface area contributed by atoms with Gasteiger partial charge in [-0.3, -0.25) is 0 Å². The van der Waals surface area contributed by atoms with Crippen LogP contribution in [0.3, 0.4) is 0 Å². The van der Waals surface area contributed by atoms with E-state index >= 15 is 0 Å². The summed E-state index contributed by atoms with van der Waals surface area (Å²) in [5.41, 5.74) is 3.97. The van der Waals surface area contributed by atoms with Crippen molar-refractivity contribution in [3.05, 3.63) is 65.5 Å². The van der Waals surface area contributed by atoms with Crippen molar-refractivity contribution in [2.24, 2.45) is 0 Å². The molecule has 0 aliphatic heterocycles. The summed E-state index contributed by atoms with van der Waals surface area (Å²) in [5.74, 6) is 2.06. The van der Waals surface area contributed by atoms with Crippen LogP contribution in [0.25, 0.3) is 21.8 Å².